The van der Waals surface area contributed by atoms with Gasteiger partial charge in [-0.15, -0.1) is 0 Å². The number of carbonyl (C=O) groups is 2. The summed E-state index contributed by atoms with van der Waals surface area (Å²) in [6.07, 6.45) is 3.91. The van der Waals surface area contributed by atoms with E-state index in [1.807, 2.05) is 0 Å². The van der Waals surface area contributed by atoms with E-state index in [2.05, 4.69) is 17.9 Å². The fourth-order valence-electron chi connectivity index (χ4n) is 1.95. The SMILES string of the molecule is C=CC(=O)O/C=C\Oc1ccc(-c2ccc(OC(=O)C=C)c(F)c2)c(F)c1. The second-order valence-corrected chi connectivity index (χ2v) is 4.94. The maximum atomic E-state index is 14.3. The number of carbonyl (C=O) groups excluding carboxylic acids is 2. The smallest absolute Gasteiger partial charge is 0.335 e. The van der Waals surface area contributed by atoms with E-state index in [0.717, 1.165) is 36.8 Å². The van der Waals surface area contributed by atoms with Gasteiger partial charge < -0.3 is 14.2 Å². The van der Waals surface area contributed by atoms with Crippen LogP contribution in [0.5, 0.6) is 11.5 Å². The van der Waals surface area contributed by atoms with Crippen LogP contribution < -0.4 is 9.47 Å². The minimum absolute atomic E-state index is 0.116. The molecule has 0 aliphatic carbocycles. The number of esters is 2. The van der Waals surface area contributed by atoms with E-state index in [9.17, 15) is 18.4 Å². The number of ether oxygens (including phenoxy) is 3. The van der Waals surface area contributed by atoms with Crippen molar-refractivity contribution in [1.29, 1.82) is 0 Å². The summed E-state index contributed by atoms with van der Waals surface area (Å²) in [6.45, 7) is 6.44. The first-order valence-electron chi connectivity index (χ1n) is 7.53. The zero-order valence-corrected chi connectivity index (χ0v) is 14.0. The Kier molecular flexibility index (Phi) is 6.60. The maximum absolute atomic E-state index is 14.3. The van der Waals surface area contributed by atoms with E-state index < -0.39 is 23.6 Å². The maximum Gasteiger partial charge on any atom is 0.335 e. The van der Waals surface area contributed by atoms with Crippen LogP contribution in [-0.4, -0.2) is 11.9 Å². The van der Waals surface area contributed by atoms with Gasteiger partial charge in [-0.25, -0.2) is 18.4 Å². The van der Waals surface area contributed by atoms with Crippen LogP contribution in [0.4, 0.5) is 8.78 Å². The molecule has 0 atom stereocenters. The first-order chi connectivity index (χ1) is 12.9. The minimum Gasteiger partial charge on any atom is -0.462 e. The van der Waals surface area contributed by atoms with E-state index in [1.54, 1.807) is 0 Å². The van der Waals surface area contributed by atoms with Crippen LogP contribution in [-0.2, 0) is 14.3 Å². The fraction of sp³-hybridized carbons (Fsp3) is 0. The van der Waals surface area contributed by atoms with Gasteiger partial charge in [-0.2, -0.15) is 0 Å². The Labute approximate surface area is 153 Å². The molecule has 2 aromatic carbocycles. The lowest BCUT2D eigenvalue weighted by molar-refractivity contribution is -0.132. The van der Waals surface area contributed by atoms with Crippen molar-refractivity contribution in [2.75, 3.05) is 0 Å². The molecule has 0 saturated heterocycles. The monoisotopic (exact) mass is 372 g/mol. The van der Waals surface area contributed by atoms with Gasteiger partial charge in [-0.3, -0.25) is 0 Å². The normalized spacial score (nSPS) is 10.3. The number of rotatable bonds is 7. The second-order valence-electron chi connectivity index (χ2n) is 4.94. The number of hydrogen-bond donors (Lipinski definition) is 0. The van der Waals surface area contributed by atoms with Crippen molar-refractivity contribution in [1.82, 2.24) is 0 Å². The Morgan fingerprint density at radius 3 is 2.26 bits per heavy atom. The average Bonchev–Trinajstić information content (AvgIpc) is 2.66. The molecule has 0 aliphatic heterocycles. The molecule has 5 nitrogen and oxygen atoms in total. The highest BCUT2D eigenvalue weighted by molar-refractivity contribution is 5.83. The molecule has 7 heteroatoms. The molecular formula is C20H14F2O5. The zero-order valence-electron chi connectivity index (χ0n) is 14.0. The Hall–Kier alpha value is -3.74. The lowest BCUT2D eigenvalue weighted by Gasteiger charge is -2.08. The van der Waals surface area contributed by atoms with Gasteiger partial charge in [0.15, 0.2) is 11.6 Å². The first-order valence-corrected chi connectivity index (χ1v) is 7.53. The summed E-state index contributed by atoms with van der Waals surface area (Å²) in [7, 11) is 0. The van der Waals surface area contributed by atoms with Crippen LogP contribution in [0.2, 0.25) is 0 Å². The Bertz CT molecular complexity index is 919. The van der Waals surface area contributed by atoms with Gasteiger partial charge in [0.25, 0.3) is 0 Å². The summed E-state index contributed by atoms with van der Waals surface area (Å²) in [5.74, 6) is -3.11. The summed E-state index contributed by atoms with van der Waals surface area (Å²) >= 11 is 0. The lowest BCUT2D eigenvalue weighted by atomic mass is 10.0. The topological polar surface area (TPSA) is 61.8 Å². The van der Waals surface area contributed by atoms with Gasteiger partial charge in [-0.1, -0.05) is 19.2 Å². The number of benzene rings is 2. The van der Waals surface area contributed by atoms with Crippen molar-refractivity contribution in [3.05, 3.63) is 85.9 Å². The van der Waals surface area contributed by atoms with Crippen molar-refractivity contribution in [3.63, 3.8) is 0 Å². The molecule has 2 aromatic rings. The van der Waals surface area contributed by atoms with Gasteiger partial charge in [0, 0.05) is 23.8 Å². The van der Waals surface area contributed by atoms with Gasteiger partial charge in [-0.05, 0) is 29.8 Å². The molecule has 0 radical (unpaired) electrons. The molecule has 0 spiro atoms. The number of halogens is 2. The van der Waals surface area contributed by atoms with Crippen LogP contribution in [0.3, 0.4) is 0 Å². The third-order valence-electron chi connectivity index (χ3n) is 3.17. The minimum atomic E-state index is -0.825. The van der Waals surface area contributed by atoms with E-state index in [-0.39, 0.29) is 22.6 Å². The number of hydrogen-bond acceptors (Lipinski definition) is 5. The highest BCUT2D eigenvalue weighted by Crippen LogP contribution is 2.29. The molecule has 0 fully saturated rings. The van der Waals surface area contributed by atoms with E-state index in [0.29, 0.717) is 0 Å². The van der Waals surface area contributed by atoms with E-state index >= 15 is 0 Å². The van der Waals surface area contributed by atoms with Crippen molar-refractivity contribution in [2.24, 2.45) is 0 Å². The molecule has 0 aromatic heterocycles. The van der Waals surface area contributed by atoms with Gasteiger partial charge >= 0.3 is 11.9 Å². The fourth-order valence-corrected chi connectivity index (χ4v) is 1.95. The molecule has 0 aliphatic rings. The summed E-state index contributed by atoms with van der Waals surface area (Å²) in [6, 6.07) is 7.58. The highest BCUT2D eigenvalue weighted by atomic mass is 19.1. The summed E-state index contributed by atoms with van der Waals surface area (Å²) in [5.41, 5.74) is 0.357. The average molecular weight is 372 g/mol. The van der Waals surface area contributed by atoms with Crippen molar-refractivity contribution < 1.29 is 32.6 Å². The Balaban J connectivity index is 2.14. The van der Waals surface area contributed by atoms with Crippen molar-refractivity contribution in [2.45, 2.75) is 0 Å². The van der Waals surface area contributed by atoms with Crippen LogP contribution in [0.1, 0.15) is 0 Å². The third kappa shape index (κ3) is 5.37. The zero-order chi connectivity index (χ0) is 19.8. The van der Waals surface area contributed by atoms with Crippen LogP contribution in [0, 0.1) is 11.6 Å². The molecule has 0 amide bonds. The summed E-state index contributed by atoms with van der Waals surface area (Å²) < 4.78 is 42.7. The predicted molar refractivity (Wildman–Crippen MR) is 93.7 cm³/mol. The van der Waals surface area contributed by atoms with Crippen LogP contribution in [0.15, 0.2) is 74.2 Å². The van der Waals surface area contributed by atoms with Gasteiger partial charge in [0.05, 0.1) is 0 Å². The van der Waals surface area contributed by atoms with Crippen molar-refractivity contribution >= 4 is 11.9 Å². The molecule has 27 heavy (non-hydrogen) atoms. The van der Waals surface area contributed by atoms with Crippen LogP contribution >= 0.6 is 0 Å². The van der Waals surface area contributed by atoms with Crippen molar-refractivity contribution in [3.8, 4) is 22.6 Å². The standard InChI is InChI=1S/C20H14F2O5/c1-3-19(23)26-10-9-25-14-6-7-15(16(21)12-14)13-5-8-18(17(22)11-13)27-20(24)4-2/h3-12H,1-2H2/b10-9-. The lowest BCUT2D eigenvalue weighted by Crippen LogP contribution is -2.04. The molecule has 2 rings (SSSR count). The second kappa shape index (κ2) is 9.10. The van der Waals surface area contributed by atoms with Crippen LogP contribution in [0.25, 0.3) is 11.1 Å². The third-order valence-corrected chi connectivity index (χ3v) is 3.17. The molecule has 138 valence electrons. The molecule has 0 saturated carbocycles. The first kappa shape index (κ1) is 19.6. The predicted octanol–water partition coefficient (Wildman–Crippen LogP) is 4.30. The highest BCUT2D eigenvalue weighted by Gasteiger charge is 2.12. The Morgan fingerprint density at radius 1 is 0.889 bits per heavy atom. The van der Waals surface area contributed by atoms with E-state index in [1.165, 1.54) is 24.3 Å². The summed E-state index contributed by atoms with van der Waals surface area (Å²) in [4.78, 5) is 22.0. The Morgan fingerprint density at radius 2 is 1.63 bits per heavy atom. The summed E-state index contributed by atoms with van der Waals surface area (Å²) in [5, 5.41) is 0. The molecule has 0 N–H and O–H groups in total. The largest absolute Gasteiger partial charge is 0.462 e. The molecule has 0 bridgehead atoms. The van der Waals surface area contributed by atoms with Gasteiger partial charge in [0.1, 0.15) is 24.1 Å². The quantitative estimate of drug-likeness (QED) is 0.314. The molecule has 0 unspecified atom stereocenters. The van der Waals surface area contributed by atoms with Gasteiger partial charge in [0.2, 0.25) is 0 Å². The molecular weight excluding hydrogens is 358 g/mol. The van der Waals surface area contributed by atoms with E-state index in [4.69, 9.17) is 9.47 Å². The molecule has 0 heterocycles.